The average molecular weight is 242 g/mol. The molecular formula is C9H12F2N6. The average Bonchev–Trinajstić information content (AvgIpc) is 2.74. The Morgan fingerprint density at radius 1 is 1.59 bits per heavy atom. The zero-order valence-corrected chi connectivity index (χ0v) is 9.14. The maximum Gasteiger partial charge on any atom is 0.255 e. The van der Waals surface area contributed by atoms with Gasteiger partial charge in [-0.2, -0.15) is 0 Å². The van der Waals surface area contributed by atoms with E-state index >= 15 is 0 Å². The van der Waals surface area contributed by atoms with Gasteiger partial charge in [0.05, 0.1) is 12.7 Å². The molecule has 2 rings (SSSR count). The number of rotatable bonds is 4. The summed E-state index contributed by atoms with van der Waals surface area (Å²) in [6.45, 7) is -0.413. The van der Waals surface area contributed by atoms with Crippen LogP contribution in [0.3, 0.4) is 0 Å². The molecule has 3 N–H and O–H groups in total. The molecule has 0 aromatic carbocycles. The van der Waals surface area contributed by atoms with Crippen LogP contribution in [0.15, 0.2) is 18.6 Å². The molecule has 17 heavy (non-hydrogen) atoms. The second kappa shape index (κ2) is 4.50. The van der Waals surface area contributed by atoms with Gasteiger partial charge in [0, 0.05) is 19.4 Å². The van der Waals surface area contributed by atoms with Gasteiger partial charge < -0.3 is 14.7 Å². The molecule has 8 heteroatoms. The highest BCUT2D eigenvalue weighted by atomic mass is 19.3. The van der Waals surface area contributed by atoms with Gasteiger partial charge in [-0.1, -0.05) is 0 Å². The fourth-order valence-electron chi connectivity index (χ4n) is 1.53. The van der Waals surface area contributed by atoms with Gasteiger partial charge in [0.15, 0.2) is 17.3 Å². The number of fused-ring (bicyclic) bond motifs is 1. The zero-order chi connectivity index (χ0) is 12.4. The molecule has 0 spiro atoms. The normalized spacial score (nSPS) is 11.1. The summed E-state index contributed by atoms with van der Waals surface area (Å²) < 4.78 is 26.4. The topological polar surface area (TPSA) is 71.5 Å². The van der Waals surface area contributed by atoms with Gasteiger partial charge in [0.1, 0.15) is 0 Å². The van der Waals surface area contributed by atoms with Gasteiger partial charge in [-0.05, 0) is 0 Å². The van der Waals surface area contributed by atoms with E-state index in [1.165, 1.54) is 11.9 Å². The predicted molar refractivity (Wildman–Crippen MR) is 60.1 cm³/mol. The zero-order valence-electron chi connectivity index (χ0n) is 9.14. The molecule has 92 valence electrons. The van der Waals surface area contributed by atoms with Crippen LogP contribution in [-0.4, -0.2) is 34.4 Å². The molecule has 0 aliphatic rings. The predicted octanol–water partition coefficient (Wildman–Crippen LogP) is 0.716. The van der Waals surface area contributed by atoms with E-state index in [0.29, 0.717) is 17.3 Å². The van der Waals surface area contributed by atoms with Crippen molar-refractivity contribution in [2.75, 3.05) is 23.9 Å². The number of hydrogen-bond acceptors (Lipinski definition) is 5. The molecule has 0 saturated heterocycles. The third-order valence-electron chi connectivity index (χ3n) is 2.28. The maximum absolute atomic E-state index is 12.3. The molecule has 0 amide bonds. The van der Waals surface area contributed by atoms with Gasteiger partial charge in [-0.3, -0.25) is 0 Å². The van der Waals surface area contributed by atoms with Crippen molar-refractivity contribution >= 4 is 17.3 Å². The Hall–Kier alpha value is -1.96. The first kappa shape index (κ1) is 11.5. The summed E-state index contributed by atoms with van der Waals surface area (Å²) in [5.41, 5.74) is 2.89. The molecule has 0 radical (unpaired) electrons. The highest BCUT2D eigenvalue weighted by Gasteiger charge is 2.15. The molecule has 0 saturated carbocycles. The van der Waals surface area contributed by atoms with E-state index in [1.54, 1.807) is 23.0 Å². The smallest absolute Gasteiger partial charge is 0.255 e. The first-order valence-corrected chi connectivity index (χ1v) is 4.91. The molecule has 2 heterocycles. The van der Waals surface area contributed by atoms with E-state index < -0.39 is 13.0 Å². The maximum atomic E-state index is 12.3. The highest BCUT2D eigenvalue weighted by molar-refractivity contribution is 5.66. The fraction of sp³-hybridized carbons (Fsp3) is 0.333. The Morgan fingerprint density at radius 2 is 2.35 bits per heavy atom. The molecule has 2 aromatic rings. The number of hydrogen-bond donors (Lipinski definition) is 2. The highest BCUT2D eigenvalue weighted by Crippen LogP contribution is 2.19. The minimum atomic E-state index is -2.44. The third kappa shape index (κ3) is 2.26. The van der Waals surface area contributed by atoms with Crippen LogP contribution in [0.4, 0.5) is 20.4 Å². The van der Waals surface area contributed by atoms with Crippen molar-refractivity contribution in [3.8, 4) is 0 Å². The fourth-order valence-corrected chi connectivity index (χ4v) is 1.53. The van der Waals surface area contributed by atoms with E-state index in [9.17, 15) is 8.78 Å². The van der Waals surface area contributed by atoms with Crippen LogP contribution in [0, 0.1) is 0 Å². The number of alkyl halides is 2. The van der Waals surface area contributed by atoms with Crippen molar-refractivity contribution in [1.29, 1.82) is 0 Å². The second-order valence-corrected chi connectivity index (χ2v) is 3.52. The van der Waals surface area contributed by atoms with Gasteiger partial charge in [-0.25, -0.2) is 24.6 Å². The summed E-state index contributed by atoms with van der Waals surface area (Å²) in [5.74, 6) is 6.00. The molecule has 0 atom stereocenters. The summed E-state index contributed by atoms with van der Waals surface area (Å²) in [6, 6.07) is 0. The summed E-state index contributed by atoms with van der Waals surface area (Å²) in [7, 11) is 1.53. The number of nitrogens with two attached hydrogens (primary N) is 1. The van der Waals surface area contributed by atoms with Gasteiger partial charge in [0.2, 0.25) is 0 Å². The lowest BCUT2D eigenvalue weighted by molar-refractivity contribution is 0.156. The minimum Gasteiger partial charge on any atom is -0.351 e. The lowest BCUT2D eigenvalue weighted by atomic mass is 10.5. The lowest BCUT2D eigenvalue weighted by Gasteiger charge is -2.18. The number of imidazole rings is 1. The van der Waals surface area contributed by atoms with E-state index in [-0.39, 0.29) is 0 Å². The molecule has 0 fully saturated rings. The van der Waals surface area contributed by atoms with Gasteiger partial charge >= 0.3 is 0 Å². The second-order valence-electron chi connectivity index (χ2n) is 3.52. The van der Waals surface area contributed by atoms with Crippen molar-refractivity contribution in [3.63, 3.8) is 0 Å². The number of nitrogens with zero attached hydrogens (tertiary/aromatic N) is 4. The number of hydrazine groups is 1. The number of nitrogen functional groups attached to an aromatic ring is 1. The molecule has 0 aliphatic heterocycles. The van der Waals surface area contributed by atoms with E-state index in [0.717, 1.165) is 0 Å². The first-order chi connectivity index (χ1) is 8.11. The van der Waals surface area contributed by atoms with Crippen LogP contribution >= 0.6 is 0 Å². The van der Waals surface area contributed by atoms with Crippen molar-refractivity contribution < 1.29 is 8.78 Å². The summed E-state index contributed by atoms with van der Waals surface area (Å²) >= 11 is 0. The molecule has 0 bridgehead atoms. The van der Waals surface area contributed by atoms with Gasteiger partial charge in [-0.15, -0.1) is 0 Å². The number of aromatic nitrogens is 3. The summed E-state index contributed by atoms with van der Waals surface area (Å²) in [4.78, 5) is 9.53. The van der Waals surface area contributed by atoms with Crippen LogP contribution in [0.1, 0.15) is 0 Å². The van der Waals surface area contributed by atoms with Crippen molar-refractivity contribution in [2.45, 2.75) is 6.43 Å². The molecule has 0 aliphatic carbocycles. The monoisotopic (exact) mass is 242 g/mol. The summed E-state index contributed by atoms with van der Waals surface area (Å²) in [5, 5.41) is 0. The van der Waals surface area contributed by atoms with E-state index in [2.05, 4.69) is 15.4 Å². The Kier molecular flexibility index (Phi) is 3.05. The van der Waals surface area contributed by atoms with Crippen molar-refractivity contribution in [1.82, 2.24) is 14.4 Å². The van der Waals surface area contributed by atoms with Crippen LogP contribution in [0.2, 0.25) is 0 Å². The SMILES string of the molecule is CN(CC(F)F)c1nc(NN)cn2ccnc12. The summed E-state index contributed by atoms with van der Waals surface area (Å²) in [6.07, 6.45) is 2.45. The molecular weight excluding hydrogens is 230 g/mol. The molecule has 0 unspecified atom stereocenters. The molecule has 6 nitrogen and oxygen atoms in total. The molecule has 2 aromatic heterocycles. The number of nitrogens with one attached hydrogen (secondary N) is 1. The Bertz CT molecular complexity index is 511. The van der Waals surface area contributed by atoms with E-state index in [1.807, 2.05) is 0 Å². The Balaban J connectivity index is 2.46. The quantitative estimate of drug-likeness (QED) is 0.610. The lowest BCUT2D eigenvalue weighted by Crippen LogP contribution is -2.26. The Morgan fingerprint density at radius 3 is 3.00 bits per heavy atom. The number of anilines is 2. The van der Waals surface area contributed by atoms with Crippen molar-refractivity contribution in [2.24, 2.45) is 5.84 Å². The van der Waals surface area contributed by atoms with E-state index in [4.69, 9.17) is 5.84 Å². The minimum absolute atomic E-state index is 0.353. The third-order valence-corrected chi connectivity index (χ3v) is 2.28. The van der Waals surface area contributed by atoms with Crippen molar-refractivity contribution in [3.05, 3.63) is 18.6 Å². The van der Waals surface area contributed by atoms with Crippen LogP contribution in [-0.2, 0) is 0 Å². The number of halogens is 2. The first-order valence-electron chi connectivity index (χ1n) is 4.91. The standard InChI is InChI=1S/C9H12F2N6/c1-16(4-6(10)11)9-8-13-2-3-17(8)5-7(14-9)15-12/h2-3,5-6,15H,4,12H2,1H3. The Labute approximate surface area is 96.0 Å². The van der Waals surface area contributed by atoms with Crippen LogP contribution < -0.4 is 16.2 Å². The van der Waals surface area contributed by atoms with Crippen LogP contribution in [0.5, 0.6) is 0 Å². The van der Waals surface area contributed by atoms with Gasteiger partial charge in [0.25, 0.3) is 6.43 Å². The van der Waals surface area contributed by atoms with Crippen LogP contribution in [0.25, 0.3) is 5.65 Å². The largest absolute Gasteiger partial charge is 0.351 e.